The molecule has 1 aliphatic carbocycles. The molecule has 5 nitrogen and oxygen atoms in total. The highest BCUT2D eigenvalue weighted by Gasteiger charge is 2.30. The van der Waals surface area contributed by atoms with Crippen molar-refractivity contribution in [3.63, 3.8) is 0 Å². The highest BCUT2D eigenvalue weighted by molar-refractivity contribution is 7.99. The van der Waals surface area contributed by atoms with Gasteiger partial charge in [-0.25, -0.2) is 4.98 Å². The van der Waals surface area contributed by atoms with Crippen molar-refractivity contribution in [3.8, 4) is 6.07 Å². The Bertz CT molecular complexity index is 842. The molecular weight excluding hydrogens is 326 g/mol. The summed E-state index contributed by atoms with van der Waals surface area (Å²) in [6.45, 7) is 0. The fourth-order valence-electron chi connectivity index (χ4n) is 2.37. The molecule has 0 unspecified atom stereocenters. The molecule has 0 amide bonds. The van der Waals surface area contributed by atoms with Crippen molar-refractivity contribution < 1.29 is 0 Å². The van der Waals surface area contributed by atoms with Crippen LogP contribution in [0, 0.1) is 11.3 Å². The van der Waals surface area contributed by atoms with E-state index >= 15 is 0 Å². The summed E-state index contributed by atoms with van der Waals surface area (Å²) < 4.78 is 2.25. The van der Waals surface area contributed by atoms with Gasteiger partial charge in [-0.3, -0.25) is 0 Å². The second-order valence-electron chi connectivity index (χ2n) is 5.36. The number of pyridine rings is 1. The van der Waals surface area contributed by atoms with Crippen LogP contribution in [0.1, 0.15) is 35.1 Å². The number of nitrogens with zero attached hydrogens (tertiary/aromatic N) is 5. The van der Waals surface area contributed by atoms with Crippen molar-refractivity contribution in [2.24, 2.45) is 0 Å². The van der Waals surface area contributed by atoms with Gasteiger partial charge in [-0.15, -0.1) is 21.5 Å². The molecule has 3 aromatic rings. The molecule has 3 aromatic heterocycles. The highest BCUT2D eigenvalue weighted by Crippen LogP contribution is 2.40. The number of thiophene rings is 1. The third-order valence-corrected chi connectivity index (χ3v) is 5.41. The Morgan fingerprint density at radius 2 is 2.22 bits per heavy atom. The van der Waals surface area contributed by atoms with Crippen molar-refractivity contribution in [2.45, 2.75) is 35.5 Å². The maximum atomic E-state index is 8.85. The standard InChI is InChI=1S/C16H13N5S2/c17-9-11-3-6-15(18-10-11)23-16-20-19-14(21(16)12-4-5-12)8-13-2-1-7-22-13/h1-3,6-7,10,12H,4-5,8H2. The first kappa shape index (κ1) is 14.4. The summed E-state index contributed by atoms with van der Waals surface area (Å²) in [7, 11) is 0. The number of aromatic nitrogens is 4. The minimum absolute atomic E-state index is 0.515. The van der Waals surface area contributed by atoms with E-state index in [2.05, 4.69) is 43.3 Å². The second kappa shape index (κ2) is 6.14. The van der Waals surface area contributed by atoms with Gasteiger partial charge in [0.25, 0.3) is 0 Å². The first-order chi connectivity index (χ1) is 11.3. The van der Waals surface area contributed by atoms with Gasteiger partial charge < -0.3 is 4.57 Å². The number of hydrogen-bond acceptors (Lipinski definition) is 6. The zero-order valence-corrected chi connectivity index (χ0v) is 13.8. The lowest BCUT2D eigenvalue weighted by molar-refractivity contribution is 0.634. The number of nitriles is 1. The van der Waals surface area contributed by atoms with Crippen molar-refractivity contribution in [3.05, 3.63) is 52.1 Å². The van der Waals surface area contributed by atoms with Gasteiger partial charge in [0, 0.05) is 23.5 Å². The molecule has 3 heterocycles. The molecule has 1 fully saturated rings. The molecular formula is C16H13N5S2. The van der Waals surface area contributed by atoms with E-state index in [1.165, 1.54) is 29.5 Å². The van der Waals surface area contributed by atoms with Crippen LogP contribution in [-0.4, -0.2) is 19.7 Å². The van der Waals surface area contributed by atoms with E-state index in [1.54, 1.807) is 23.6 Å². The minimum Gasteiger partial charge on any atom is -0.302 e. The molecule has 0 radical (unpaired) electrons. The molecule has 23 heavy (non-hydrogen) atoms. The Kier molecular flexibility index (Phi) is 3.85. The van der Waals surface area contributed by atoms with Gasteiger partial charge in [0.15, 0.2) is 5.16 Å². The molecule has 0 saturated heterocycles. The lowest BCUT2D eigenvalue weighted by atomic mass is 10.3. The molecule has 0 spiro atoms. The van der Waals surface area contributed by atoms with E-state index < -0.39 is 0 Å². The topological polar surface area (TPSA) is 67.4 Å². The Labute approximate surface area is 142 Å². The molecule has 7 heteroatoms. The quantitative estimate of drug-likeness (QED) is 0.709. The maximum Gasteiger partial charge on any atom is 0.197 e. The SMILES string of the molecule is N#Cc1ccc(Sc2nnc(Cc3cccs3)n2C2CC2)nc1. The van der Waals surface area contributed by atoms with Crippen LogP contribution < -0.4 is 0 Å². The lowest BCUT2D eigenvalue weighted by Gasteiger charge is -2.07. The van der Waals surface area contributed by atoms with Crippen LogP contribution in [0.15, 0.2) is 46.0 Å². The monoisotopic (exact) mass is 339 g/mol. The molecule has 1 saturated carbocycles. The molecule has 0 bridgehead atoms. The van der Waals surface area contributed by atoms with Gasteiger partial charge in [-0.1, -0.05) is 6.07 Å². The van der Waals surface area contributed by atoms with E-state index in [9.17, 15) is 0 Å². The zero-order valence-electron chi connectivity index (χ0n) is 12.2. The smallest absolute Gasteiger partial charge is 0.197 e. The number of hydrogen-bond donors (Lipinski definition) is 0. The summed E-state index contributed by atoms with van der Waals surface area (Å²) in [6, 6.07) is 10.4. The molecule has 114 valence electrons. The third-order valence-electron chi connectivity index (χ3n) is 3.62. The largest absolute Gasteiger partial charge is 0.302 e. The van der Waals surface area contributed by atoms with E-state index in [4.69, 9.17) is 5.26 Å². The second-order valence-corrected chi connectivity index (χ2v) is 7.37. The highest BCUT2D eigenvalue weighted by atomic mass is 32.2. The molecule has 4 rings (SSSR count). The first-order valence-electron chi connectivity index (χ1n) is 7.33. The summed E-state index contributed by atoms with van der Waals surface area (Å²) in [5.74, 6) is 1.02. The van der Waals surface area contributed by atoms with Gasteiger partial charge in [-0.05, 0) is 48.2 Å². The van der Waals surface area contributed by atoms with Crippen LogP contribution >= 0.6 is 23.1 Å². The van der Waals surface area contributed by atoms with E-state index in [1.807, 2.05) is 6.07 Å². The van der Waals surface area contributed by atoms with Crippen LogP contribution in [0.5, 0.6) is 0 Å². The van der Waals surface area contributed by atoms with Gasteiger partial charge in [0.2, 0.25) is 0 Å². The summed E-state index contributed by atoms with van der Waals surface area (Å²) in [4.78, 5) is 5.61. The van der Waals surface area contributed by atoms with Crippen LogP contribution in [0.2, 0.25) is 0 Å². The molecule has 0 aromatic carbocycles. The van der Waals surface area contributed by atoms with Gasteiger partial charge in [-0.2, -0.15) is 5.26 Å². The van der Waals surface area contributed by atoms with Crippen LogP contribution in [-0.2, 0) is 6.42 Å². The van der Waals surface area contributed by atoms with Crippen LogP contribution in [0.4, 0.5) is 0 Å². The first-order valence-corrected chi connectivity index (χ1v) is 9.03. The Morgan fingerprint density at radius 3 is 2.87 bits per heavy atom. The van der Waals surface area contributed by atoms with E-state index in [-0.39, 0.29) is 0 Å². The summed E-state index contributed by atoms with van der Waals surface area (Å²) >= 11 is 3.25. The predicted molar refractivity (Wildman–Crippen MR) is 88.5 cm³/mol. The fourth-order valence-corrected chi connectivity index (χ4v) is 3.93. The van der Waals surface area contributed by atoms with Crippen molar-refractivity contribution in [2.75, 3.05) is 0 Å². The van der Waals surface area contributed by atoms with E-state index in [0.717, 1.165) is 22.4 Å². The fraction of sp³-hybridized carbons (Fsp3) is 0.250. The predicted octanol–water partition coefficient (Wildman–Crippen LogP) is 3.68. The maximum absolute atomic E-state index is 8.85. The van der Waals surface area contributed by atoms with Crippen molar-refractivity contribution in [1.29, 1.82) is 5.26 Å². The number of rotatable bonds is 5. The summed E-state index contributed by atoms with van der Waals surface area (Å²) in [6.07, 6.45) is 4.78. The minimum atomic E-state index is 0.515. The Morgan fingerprint density at radius 1 is 1.30 bits per heavy atom. The summed E-state index contributed by atoms with van der Waals surface area (Å²) in [5.41, 5.74) is 0.566. The molecule has 0 aliphatic heterocycles. The van der Waals surface area contributed by atoms with Crippen LogP contribution in [0.3, 0.4) is 0 Å². The lowest BCUT2D eigenvalue weighted by Crippen LogP contribution is -2.03. The van der Waals surface area contributed by atoms with Crippen molar-refractivity contribution in [1.82, 2.24) is 19.7 Å². The van der Waals surface area contributed by atoms with Gasteiger partial charge in [0.05, 0.1) is 5.56 Å². The third kappa shape index (κ3) is 3.14. The average Bonchev–Trinajstić information content (AvgIpc) is 3.14. The Balaban J connectivity index is 1.60. The van der Waals surface area contributed by atoms with Gasteiger partial charge in [0.1, 0.15) is 16.9 Å². The van der Waals surface area contributed by atoms with E-state index in [0.29, 0.717) is 11.6 Å². The Hall–Kier alpha value is -2.17. The molecule has 0 N–H and O–H groups in total. The normalized spacial score (nSPS) is 13.9. The van der Waals surface area contributed by atoms with Crippen LogP contribution in [0.25, 0.3) is 0 Å². The molecule has 1 aliphatic rings. The van der Waals surface area contributed by atoms with Crippen molar-refractivity contribution >= 4 is 23.1 Å². The molecule has 0 atom stereocenters. The van der Waals surface area contributed by atoms with Gasteiger partial charge >= 0.3 is 0 Å². The zero-order chi connectivity index (χ0) is 15.6. The average molecular weight is 339 g/mol. The summed E-state index contributed by atoms with van der Waals surface area (Å²) in [5, 5.41) is 21.4.